The zero-order valence-electron chi connectivity index (χ0n) is 17.4. The molecule has 162 valence electrons. The van der Waals surface area contributed by atoms with E-state index in [-0.39, 0.29) is 11.8 Å². The first kappa shape index (κ1) is 21.7. The van der Waals surface area contributed by atoms with E-state index in [2.05, 4.69) is 15.7 Å². The van der Waals surface area contributed by atoms with E-state index in [4.69, 9.17) is 27.9 Å². The van der Waals surface area contributed by atoms with Crippen molar-refractivity contribution in [2.45, 2.75) is 25.7 Å². The molecule has 1 amide bonds. The summed E-state index contributed by atoms with van der Waals surface area (Å²) in [4.78, 5) is 13.3. The number of nitrogens with zero attached hydrogens (tertiary/aromatic N) is 2. The Morgan fingerprint density at radius 2 is 1.97 bits per heavy atom. The largest absolute Gasteiger partial charge is 0.495 e. The number of aromatic nitrogens is 2. The fourth-order valence-corrected chi connectivity index (χ4v) is 4.25. The maximum atomic E-state index is 13.3. The molecule has 4 rings (SSSR count). The zero-order valence-corrected chi connectivity index (χ0v) is 18.9. The Morgan fingerprint density at radius 1 is 1.19 bits per heavy atom. The van der Waals surface area contributed by atoms with Crippen LogP contribution in [0, 0.1) is 6.92 Å². The van der Waals surface area contributed by atoms with E-state index in [1.807, 2.05) is 29.8 Å². The molecular formula is C23H24Cl2N4O2. The van der Waals surface area contributed by atoms with Crippen molar-refractivity contribution in [3.05, 3.63) is 69.5 Å². The lowest BCUT2D eigenvalue weighted by Crippen LogP contribution is -2.29. The smallest absolute Gasteiger partial charge is 0.259 e. The minimum atomic E-state index is -0.251. The topological polar surface area (TPSA) is 68.2 Å². The summed E-state index contributed by atoms with van der Waals surface area (Å²) in [6.45, 7) is 3.75. The first-order valence-electron chi connectivity index (χ1n) is 10.2. The van der Waals surface area contributed by atoms with Crippen molar-refractivity contribution in [2.24, 2.45) is 0 Å². The first-order chi connectivity index (χ1) is 15.0. The molecule has 2 heterocycles. The lowest BCUT2D eigenvalue weighted by atomic mass is 9.91. The van der Waals surface area contributed by atoms with Gasteiger partial charge in [0.25, 0.3) is 5.91 Å². The Kier molecular flexibility index (Phi) is 6.51. The number of ether oxygens (including phenoxy) is 1. The van der Waals surface area contributed by atoms with E-state index in [1.165, 1.54) is 0 Å². The standard InChI is InChI=1S/C23H24Cl2N4O2/c1-14-3-5-17(12-19(14)25)29-22(15-7-9-26-10-8-15)18(13-27-29)23(30)28-20-11-16(24)4-6-21(20)31-2/h3-6,11-13,15,26H,7-10H2,1-2H3,(H,28,30). The van der Waals surface area contributed by atoms with Crippen LogP contribution in [0.4, 0.5) is 5.69 Å². The van der Waals surface area contributed by atoms with Crippen LogP contribution in [0.3, 0.4) is 0 Å². The van der Waals surface area contributed by atoms with Crippen LogP contribution >= 0.6 is 23.2 Å². The van der Waals surface area contributed by atoms with Gasteiger partial charge in [-0.3, -0.25) is 4.79 Å². The van der Waals surface area contributed by atoms with Crippen LogP contribution < -0.4 is 15.4 Å². The van der Waals surface area contributed by atoms with Gasteiger partial charge in [0.05, 0.1) is 35.9 Å². The number of anilines is 1. The number of rotatable bonds is 5. The maximum Gasteiger partial charge on any atom is 0.259 e. The van der Waals surface area contributed by atoms with Gasteiger partial charge in [-0.15, -0.1) is 0 Å². The lowest BCUT2D eigenvalue weighted by molar-refractivity contribution is 0.102. The molecule has 0 atom stereocenters. The summed E-state index contributed by atoms with van der Waals surface area (Å²) in [6, 6.07) is 10.9. The highest BCUT2D eigenvalue weighted by Gasteiger charge is 2.27. The Morgan fingerprint density at radius 3 is 2.68 bits per heavy atom. The summed E-state index contributed by atoms with van der Waals surface area (Å²) in [7, 11) is 1.55. The van der Waals surface area contributed by atoms with Gasteiger partial charge in [-0.25, -0.2) is 4.68 Å². The van der Waals surface area contributed by atoms with Crippen LogP contribution in [0.2, 0.25) is 10.0 Å². The summed E-state index contributed by atoms with van der Waals surface area (Å²) >= 11 is 12.5. The number of carbonyl (C=O) groups is 1. The number of piperidine rings is 1. The molecule has 31 heavy (non-hydrogen) atoms. The van der Waals surface area contributed by atoms with Crippen molar-refractivity contribution in [3.63, 3.8) is 0 Å². The summed E-state index contributed by atoms with van der Waals surface area (Å²) in [5, 5.41) is 12.1. The molecule has 6 nitrogen and oxygen atoms in total. The van der Waals surface area contributed by atoms with Crippen molar-refractivity contribution in [3.8, 4) is 11.4 Å². The van der Waals surface area contributed by atoms with E-state index < -0.39 is 0 Å². The van der Waals surface area contributed by atoms with E-state index in [0.29, 0.717) is 27.0 Å². The Labute approximate surface area is 191 Å². The van der Waals surface area contributed by atoms with Gasteiger partial charge >= 0.3 is 0 Å². The summed E-state index contributed by atoms with van der Waals surface area (Å²) in [6.07, 6.45) is 3.47. The molecule has 0 spiro atoms. The predicted molar refractivity (Wildman–Crippen MR) is 124 cm³/mol. The molecule has 2 aromatic carbocycles. The van der Waals surface area contributed by atoms with E-state index >= 15 is 0 Å². The quantitative estimate of drug-likeness (QED) is 0.550. The van der Waals surface area contributed by atoms with Gasteiger partial charge in [0, 0.05) is 16.0 Å². The molecule has 0 radical (unpaired) electrons. The number of amides is 1. The molecule has 0 bridgehead atoms. The molecular weight excluding hydrogens is 435 g/mol. The van der Waals surface area contributed by atoms with Crippen LogP contribution in [0.25, 0.3) is 5.69 Å². The minimum Gasteiger partial charge on any atom is -0.495 e. The molecule has 8 heteroatoms. The highest BCUT2D eigenvalue weighted by Crippen LogP contribution is 2.33. The van der Waals surface area contributed by atoms with Gasteiger partial charge in [-0.1, -0.05) is 29.3 Å². The molecule has 0 unspecified atom stereocenters. The van der Waals surface area contributed by atoms with Crippen molar-refractivity contribution >= 4 is 34.8 Å². The third kappa shape index (κ3) is 4.56. The minimum absolute atomic E-state index is 0.200. The number of carbonyl (C=O) groups excluding carboxylic acids is 1. The maximum absolute atomic E-state index is 13.3. The zero-order chi connectivity index (χ0) is 22.0. The molecule has 1 aliphatic heterocycles. The third-order valence-electron chi connectivity index (χ3n) is 5.59. The predicted octanol–water partition coefficient (Wildman–Crippen LogP) is 5.22. The van der Waals surface area contributed by atoms with Crippen molar-refractivity contribution < 1.29 is 9.53 Å². The highest BCUT2D eigenvalue weighted by molar-refractivity contribution is 6.31. The lowest BCUT2D eigenvalue weighted by Gasteiger charge is -2.25. The summed E-state index contributed by atoms with van der Waals surface area (Å²) in [5.74, 6) is 0.489. The van der Waals surface area contributed by atoms with Crippen LogP contribution in [0.15, 0.2) is 42.6 Å². The normalized spacial score (nSPS) is 14.5. The molecule has 3 aromatic rings. The van der Waals surface area contributed by atoms with Gasteiger partial charge in [0.15, 0.2) is 0 Å². The number of benzene rings is 2. The van der Waals surface area contributed by atoms with Crippen LogP contribution in [0.5, 0.6) is 5.75 Å². The highest BCUT2D eigenvalue weighted by atomic mass is 35.5. The van der Waals surface area contributed by atoms with Gasteiger partial charge in [0.2, 0.25) is 0 Å². The van der Waals surface area contributed by atoms with Gasteiger partial charge in [-0.2, -0.15) is 5.10 Å². The Bertz CT molecular complexity index is 1110. The molecule has 2 N–H and O–H groups in total. The average molecular weight is 459 g/mol. The Balaban J connectivity index is 1.75. The number of hydrogen-bond donors (Lipinski definition) is 2. The monoisotopic (exact) mass is 458 g/mol. The van der Waals surface area contributed by atoms with Gasteiger partial charge in [0.1, 0.15) is 5.75 Å². The molecule has 0 aliphatic carbocycles. The first-order valence-corrected chi connectivity index (χ1v) is 10.9. The van der Waals surface area contributed by atoms with Gasteiger partial charge < -0.3 is 15.4 Å². The van der Waals surface area contributed by atoms with E-state index in [9.17, 15) is 4.79 Å². The second kappa shape index (κ2) is 9.30. The number of nitrogens with one attached hydrogen (secondary N) is 2. The van der Waals surface area contributed by atoms with Crippen molar-refractivity contribution in [1.29, 1.82) is 0 Å². The summed E-state index contributed by atoms with van der Waals surface area (Å²) < 4.78 is 7.20. The van der Waals surface area contributed by atoms with Crippen LogP contribution in [-0.2, 0) is 0 Å². The number of halogens is 2. The van der Waals surface area contributed by atoms with Gasteiger partial charge in [-0.05, 0) is 68.8 Å². The SMILES string of the molecule is COc1ccc(Cl)cc1NC(=O)c1cnn(-c2ccc(C)c(Cl)c2)c1C1CCNCC1. The van der Waals surface area contributed by atoms with Crippen molar-refractivity contribution in [2.75, 3.05) is 25.5 Å². The van der Waals surface area contributed by atoms with Crippen LogP contribution in [0.1, 0.15) is 40.4 Å². The molecule has 1 aromatic heterocycles. The number of methoxy groups -OCH3 is 1. The second-order valence-electron chi connectivity index (χ2n) is 7.61. The molecule has 1 aliphatic rings. The van der Waals surface area contributed by atoms with Crippen molar-refractivity contribution in [1.82, 2.24) is 15.1 Å². The summed E-state index contributed by atoms with van der Waals surface area (Å²) in [5.41, 5.74) is 3.77. The fraction of sp³-hybridized carbons (Fsp3) is 0.304. The molecule has 0 saturated carbocycles. The Hall–Kier alpha value is -2.54. The average Bonchev–Trinajstić information content (AvgIpc) is 3.22. The molecule has 1 fully saturated rings. The number of hydrogen-bond acceptors (Lipinski definition) is 4. The number of aryl methyl sites for hydroxylation is 1. The van der Waals surface area contributed by atoms with Crippen LogP contribution in [-0.4, -0.2) is 35.9 Å². The fourth-order valence-electron chi connectivity index (χ4n) is 3.91. The second-order valence-corrected chi connectivity index (χ2v) is 8.46. The third-order valence-corrected chi connectivity index (χ3v) is 6.23. The van der Waals surface area contributed by atoms with E-state index in [1.54, 1.807) is 31.5 Å². The van der Waals surface area contributed by atoms with E-state index in [0.717, 1.165) is 42.9 Å². The molecule has 1 saturated heterocycles.